The predicted molar refractivity (Wildman–Crippen MR) is 84.3 cm³/mol. The molecule has 2 rings (SSSR count). The number of rotatable bonds is 6. The fourth-order valence-corrected chi connectivity index (χ4v) is 2.26. The summed E-state index contributed by atoms with van der Waals surface area (Å²) in [5.74, 6) is 0.726. The van der Waals surface area contributed by atoms with Crippen LogP contribution in [0.25, 0.3) is 0 Å². The molecule has 20 heavy (non-hydrogen) atoms. The molecule has 2 N–H and O–H groups in total. The van der Waals surface area contributed by atoms with Gasteiger partial charge in [-0.25, -0.2) is 0 Å². The van der Waals surface area contributed by atoms with Crippen LogP contribution in [0.4, 0.5) is 0 Å². The highest BCUT2D eigenvalue weighted by Crippen LogP contribution is 2.27. The molecule has 0 spiro atoms. The van der Waals surface area contributed by atoms with Crippen molar-refractivity contribution in [1.29, 1.82) is 0 Å². The van der Waals surface area contributed by atoms with Crippen LogP contribution in [0.5, 0.6) is 5.75 Å². The molecule has 2 aromatic rings. The first-order valence-electron chi connectivity index (χ1n) is 6.88. The summed E-state index contributed by atoms with van der Waals surface area (Å²) in [6.07, 6.45) is 1.98. The highest BCUT2D eigenvalue weighted by Gasteiger charge is 2.05. The lowest BCUT2D eigenvalue weighted by atomic mass is 10.1. The van der Waals surface area contributed by atoms with Crippen molar-refractivity contribution in [1.82, 2.24) is 0 Å². The number of nitrogens with two attached hydrogens (primary N) is 1. The van der Waals surface area contributed by atoms with Crippen LogP contribution in [0.2, 0.25) is 5.02 Å². The second kappa shape index (κ2) is 7.32. The van der Waals surface area contributed by atoms with Crippen LogP contribution in [0.15, 0.2) is 48.5 Å². The van der Waals surface area contributed by atoms with Gasteiger partial charge in [-0.15, -0.1) is 0 Å². The van der Waals surface area contributed by atoms with Gasteiger partial charge in [0.1, 0.15) is 5.75 Å². The third-order valence-corrected chi connectivity index (χ3v) is 3.49. The van der Waals surface area contributed by atoms with Crippen molar-refractivity contribution in [2.45, 2.75) is 25.8 Å². The van der Waals surface area contributed by atoms with E-state index in [9.17, 15) is 0 Å². The molecule has 3 heteroatoms. The number of halogens is 1. The van der Waals surface area contributed by atoms with Gasteiger partial charge in [-0.1, -0.05) is 48.0 Å². The van der Waals surface area contributed by atoms with Gasteiger partial charge >= 0.3 is 0 Å². The van der Waals surface area contributed by atoms with E-state index in [-0.39, 0.29) is 6.04 Å². The van der Waals surface area contributed by atoms with Crippen LogP contribution in [-0.2, 0) is 6.42 Å². The van der Waals surface area contributed by atoms with E-state index in [2.05, 4.69) is 24.3 Å². The first kappa shape index (κ1) is 14.9. The minimum atomic E-state index is -0.0142. The summed E-state index contributed by atoms with van der Waals surface area (Å²) in [6, 6.07) is 16.1. The van der Waals surface area contributed by atoms with Crippen molar-refractivity contribution in [2.75, 3.05) is 6.61 Å². The SMILES string of the molecule is C[C@H](N)c1ccc(OCCCc2ccccc2)c(Cl)c1. The first-order chi connectivity index (χ1) is 9.66. The molecular weight excluding hydrogens is 270 g/mol. The monoisotopic (exact) mass is 289 g/mol. The highest BCUT2D eigenvalue weighted by molar-refractivity contribution is 6.32. The molecule has 0 unspecified atom stereocenters. The fraction of sp³-hybridized carbons (Fsp3) is 0.294. The Morgan fingerprint density at radius 1 is 1.15 bits per heavy atom. The summed E-state index contributed by atoms with van der Waals surface area (Å²) >= 11 is 6.19. The molecule has 0 aliphatic heterocycles. The summed E-state index contributed by atoms with van der Waals surface area (Å²) in [4.78, 5) is 0. The summed E-state index contributed by atoms with van der Waals surface area (Å²) < 4.78 is 5.72. The molecule has 2 nitrogen and oxygen atoms in total. The van der Waals surface area contributed by atoms with Crippen LogP contribution < -0.4 is 10.5 Å². The smallest absolute Gasteiger partial charge is 0.137 e. The third-order valence-electron chi connectivity index (χ3n) is 3.19. The Hall–Kier alpha value is -1.51. The first-order valence-corrected chi connectivity index (χ1v) is 7.26. The van der Waals surface area contributed by atoms with E-state index < -0.39 is 0 Å². The Bertz CT molecular complexity index is 540. The van der Waals surface area contributed by atoms with Crippen molar-refractivity contribution in [3.8, 4) is 5.75 Å². The Morgan fingerprint density at radius 2 is 1.90 bits per heavy atom. The Balaban J connectivity index is 1.82. The number of hydrogen-bond acceptors (Lipinski definition) is 2. The molecule has 0 fully saturated rings. The maximum Gasteiger partial charge on any atom is 0.137 e. The van der Waals surface area contributed by atoms with E-state index in [1.54, 1.807) is 0 Å². The standard InChI is InChI=1S/C17H20ClNO/c1-13(19)15-9-10-17(16(18)12-15)20-11-5-8-14-6-3-2-4-7-14/h2-4,6-7,9-10,12-13H,5,8,11,19H2,1H3/t13-/m0/s1. The Labute approximate surface area is 125 Å². The van der Waals surface area contributed by atoms with E-state index in [1.807, 2.05) is 31.2 Å². The van der Waals surface area contributed by atoms with Gasteiger partial charge in [-0.3, -0.25) is 0 Å². The van der Waals surface area contributed by atoms with E-state index in [0.717, 1.165) is 24.2 Å². The van der Waals surface area contributed by atoms with E-state index in [4.69, 9.17) is 22.1 Å². The van der Waals surface area contributed by atoms with Gasteiger partial charge in [0.05, 0.1) is 11.6 Å². The molecule has 0 saturated heterocycles. The quantitative estimate of drug-likeness (QED) is 0.801. The van der Waals surface area contributed by atoms with Crippen LogP contribution in [-0.4, -0.2) is 6.61 Å². The highest BCUT2D eigenvalue weighted by atomic mass is 35.5. The maximum absolute atomic E-state index is 6.19. The molecular formula is C17H20ClNO. The molecule has 106 valence electrons. The zero-order valence-corrected chi connectivity index (χ0v) is 12.4. The van der Waals surface area contributed by atoms with Gasteiger partial charge in [0.25, 0.3) is 0 Å². The van der Waals surface area contributed by atoms with Crippen LogP contribution in [0.1, 0.15) is 30.5 Å². The average Bonchev–Trinajstić information content (AvgIpc) is 2.46. The van der Waals surface area contributed by atoms with Crippen molar-refractivity contribution < 1.29 is 4.74 Å². The van der Waals surface area contributed by atoms with Crippen molar-refractivity contribution in [3.63, 3.8) is 0 Å². The zero-order chi connectivity index (χ0) is 14.4. The Morgan fingerprint density at radius 3 is 2.55 bits per heavy atom. The lowest BCUT2D eigenvalue weighted by Crippen LogP contribution is -2.05. The van der Waals surface area contributed by atoms with E-state index >= 15 is 0 Å². The summed E-state index contributed by atoms with van der Waals surface area (Å²) in [5, 5.41) is 0.625. The van der Waals surface area contributed by atoms with Crippen LogP contribution in [0, 0.1) is 0 Å². The number of aryl methyl sites for hydroxylation is 1. The normalized spacial score (nSPS) is 12.2. The van der Waals surface area contributed by atoms with Crippen LogP contribution in [0.3, 0.4) is 0 Å². The molecule has 0 aliphatic carbocycles. The summed E-state index contributed by atoms with van der Waals surface area (Å²) in [6.45, 7) is 2.60. The molecule has 0 aromatic heterocycles. The van der Waals surface area contributed by atoms with Gasteiger partial charge in [-0.2, -0.15) is 0 Å². The van der Waals surface area contributed by atoms with E-state index in [0.29, 0.717) is 11.6 Å². The minimum absolute atomic E-state index is 0.0142. The van der Waals surface area contributed by atoms with Crippen molar-refractivity contribution in [3.05, 3.63) is 64.7 Å². The topological polar surface area (TPSA) is 35.2 Å². The Kier molecular flexibility index (Phi) is 5.45. The molecule has 2 aromatic carbocycles. The largest absolute Gasteiger partial charge is 0.492 e. The van der Waals surface area contributed by atoms with Gasteiger partial charge in [0.2, 0.25) is 0 Å². The van der Waals surface area contributed by atoms with E-state index in [1.165, 1.54) is 5.56 Å². The van der Waals surface area contributed by atoms with Crippen molar-refractivity contribution >= 4 is 11.6 Å². The van der Waals surface area contributed by atoms with Gasteiger partial charge in [-0.05, 0) is 43.0 Å². The molecule has 0 heterocycles. The maximum atomic E-state index is 6.19. The fourth-order valence-electron chi connectivity index (χ4n) is 2.02. The van der Waals surface area contributed by atoms with Gasteiger partial charge in [0.15, 0.2) is 0 Å². The summed E-state index contributed by atoms with van der Waals surface area (Å²) in [5.41, 5.74) is 8.17. The van der Waals surface area contributed by atoms with Gasteiger partial charge in [0, 0.05) is 6.04 Å². The second-order valence-corrected chi connectivity index (χ2v) is 5.32. The molecule has 0 radical (unpaired) electrons. The molecule has 1 atom stereocenters. The zero-order valence-electron chi connectivity index (χ0n) is 11.7. The van der Waals surface area contributed by atoms with Crippen LogP contribution >= 0.6 is 11.6 Å². The second-order valence-electron chi connectivity index (χ2n) is 4.92. The summed E-state index contributed by atoms with van der Waals surface area (Å²) in [7, 11) is 0. The van der Waals surface area contributed by atoms with Crippen molar-refractivity contribution in [2.24, 2.45) is 5.73 Å². The molecule has 0 aliphatic rings. The number of ether oxygens (including phenoxy) is 1. The number of benzene rings is 2. The predicted octanol–water partition coefficient (Wildman–Crippen LogP) is 4.37. The average molecular weight is 290 g/mol. The molecule has 0 bridgehead atoms. The molecule has 0 amide bonds. The minimum Gasteiger partial charge on any atom is -0.492 e. The lowest BCUT2D eigenvalue weighted by Gasteiger charge is -2.11. The third kappa shape index (κ3) is 4.26. The van der Waals surface area contributed by atoms with Gasteiger partial charge < -0.3 is 10.5 Å². The lowest BCUT2D eigenvalue weighted by molar-refractivity contribution is 0.311. The molecule has 0 saturated carbocycles. The number of hydrogen-bond donors (Lipinski definition) is 1.